The van der Waals surface area contributed by atoms with Gasteiger partial charge in [-0.15, -0.1) is 0 Å². The van der Waals surface area contributed by atoms with Crippen LogP contribution in [0.25, 0.3) is 10.9 Å². The summed E-state index contributed by atoms with van der Waals surface area (Å²) in [7, 11) is 0. The summed E-state index contributed by atoms with van der Waals surface area (Å²) in [6, 6.07) is 7.70. The first-order chi connectivity index (χ1) is 14.1. The molecule has 7 nitrogen and oxygen atoms in total. The van der Waals surface area contributed by atoms with Crippen molar-refractivity contribution in [1.29, 1.82) is 0 Å². The molecular weight excluding hydrogens is 368 g/mol. The van der Waals surface area contributed by atoms with E-state index in [1.807, 2.05) is 18.2 Å². The Hall–Kier alpha value is -2.80. The summed E-state index contributed by atoms with van der Waals surface area (Å²) in [6.07, 6.45) is 6.97. The summed E-state index contributed by atoms with van der Waals surface area (Å²) in [4.78, 5) is 31.4. The van der Waals surface area contributed by atoms with Gasteiger partial charge in [0.25, 0.3) is 5.56 Å². The van der Waals surface area contributed by atoms with Crippen LogP contribution in [0.2, 0.25) is 0 Å². The van der Waals surface area contributed by atoms with Crippen LogP contribution in [0.3, 0.4) is 0 Å². The molecule has 0 unspecified atom stereocenters. The number of hydrogen-bond acceptors (Lipinski definition) is 3. The third kappa shape index (κ3) is 3.00. The van der Waals surface area contributed by atoms with Crippen LogP contribution in [0.5, 0.6) is 5.88 Å². The van der Waals surface area contributed by atoms with Crippen molar-refractivity contribution in [3.05, 3.63) is 61.9 Å². The van der Waals surface area contributed by atoms with Crippen molar-refractivity contribution in [2.45, 2.75) is 57.0 Å². The highest BCUT2D eigenvalue weighted by molar-refractivity contribution is 5.85. The minimum atomic E-state index is -0.504. The highest BCUT2D eigenvalue weighted by Gasteiger charge is 2.35. The van der Waals surface area contributed by atoms with Gasteiger partial charge in [-0.25, -0.2) is 4.79 Å². The second-order valence-corrected chi connectivity index (χ2v) is 8.33. The van der Waals surface area contributed by atoms with E-state index in [-0.39, 0.29) is 23.5 Å². The van der Waals surface area contributed by atoms with E-state index in [1.165, 1.54) is 10.1 Å². The fraction of sp³-hybridized carbons (Fsp3) is 0.455. The van der Waals surface area contributed by atoms with Gasteiger partial charge >= 0.3 is 5.69 Å². The molecule has 3 aromatic rings. The van der Waals surface area contributed by atoms with Crippen LogP contribution in [0.4, 0.5) is 0 Å². The average molecular weight is 395 g/mol. The standard InChI is InChI=1S/C22H26N4O3/c27-20-17(21(28)26(22(29)25-20)13-7-3-1-2-4-8-13)19-18-15(11-12-23-19)14-9-5-6-10-16(14)24-18/h5-6,9-10,13,19,23-24,28H,1-4,7-8,11-12H2,(H,25,27,29)/p+1/t19-/m0/s1. The quantitative estimate of drug-likeness (QED) is 0.497. The van der Waals surface area contributed by atoms with Crippen LogP contribution in [-0.4, -0.2) is 26.2 Å². The highest BCUT2D eigenvalue weighted by Crippen LogP contribution is 2.34. The molecule has 1 aliphatic heterocycles. The summed E-state index contributed by atoms with van der Waals surface area (Å²) in [5.41, 5.74) is 2.46. The van der Waals surface area contributed by atoms with E-state index in [9.17, 15) is 14.7 Å². The molecular formula is C22H27N4O3+. The van der Waals surface area contributed by atoms with Crippen molar-refractivity contribution < 1.29 is 10.4 Å². The number of fused-ring (bicyclic) bond motifs is 3. The Bertz CT molecular complexity index is 1160. The molecule has 2 aromatic heterocycles. The van der Waals surface area contributed by atoms with Gasteiger partial charge in [-0.3, -0.25) is 14.3 Å². The number of hydrogen-bond donors (Lipinski definition) is 4. The molecule has 1 atom stereocenters. The van der Waals surface area contributed by atoms with Gasteiger partial charge < -0.3 is 15.4 Å². The van der Waals surface area contributed by atoms with Crippen LogP contribution < -0.4 is 16.6 Å². The molecule has 1 aromatic carbocycles. The number of rotatable bonds is 2. The number of nitrogens with zero attached hydrogens (tertiary/aromatic N) is 1. The molecule has 7 heteroatoms. The largest absolute Gasteiger partial charge is 0.494 e. The molecule has 1 saturated carbocycles. The minimum Gasteiger partial charge on any atom is -0.494 e. The first-order valence-corrected chi connectivity index (χ1v) is 10.7. The number of aromatic hydroxyl groups is 1. The van der Waals surface area contributed by atoms with Crippen molar-refractivity contribution in [1.82, 2.24) is 14.5 Å². The lowest BCUT2D eigenvalue weighted by Crippen LogP contribution is -2.87. The van der Waals surface area contributed by atoms with Gasteiger partial charge in [-0.1, -0.05) is 43.9 Å². The van der Waals surface area contributed by atoms with E-state index in [0.717, 1.165) is 68.1 Å². The van der Waals surface area contributed by atoms with E-state index < -0.39 is 11.2 Å². The lowest BCUT2D eigenvalue weighted by molar-refractivity contribution is -0.690. The fourth-order valence-electron chi connectivity index (χ4n) is 5.22. The van der Waals surface area contributed by atoms with Crippen molar-refractivity contribution in [2.24, 2.45) is 0 Å². The minimum absolute atomic E-state index is 0.0635. The number of nitrogens with two attached hydrogens (primary N) is 1. The van der Waals surface area contributed by atoms with Gasteiger partial charge in [0.15, 0.2) is 6.04 Å². The molecule has 3 heterocycles. The average Bonchev–Trinajstić information content (AvgIpc) is 2.88. The predicted octanol–water partition coefficient (Wildman–Crippen LogP) is 1.83. The van der Waals surface area contributed by atoms with Gasteiger partial charge in [0.1, 0.15) is 5.56 Å². The lowest BCUT2D eigenvalue weighted by Gasteiger charge is -2.24. The molecule has 0 amide bonds. The predicted molar refractivity (Wildman–Crippen MR) is 110 cm³/mol. The Kier molecular flexibility index (Phi) is 4.54. The number of quaternary nitrogens is 1. The van der Waals surface area contributed by atoms with Crippen molar-refractivity contribution in [3.8, 4) is 5.88 Å². The van der Waals surface area contributed by atoms with E-state index in [1.54, 1.807) is 0 Å². The zero-order valence-electron chi connectivity index (χ0n) is 16.4. The molecule has 0 bridgehead atoms. The van der Waals surface area contributed by atoms with Crippen LogP contribution in [0.15, 0.2) is 33.9 Å². The summed E-state index contributed by atoms with van der Waals surface area (Å²) in [6.45, 7) is 0.820. The Morgan fingerprint density at radius 2 is 1.79 bits per heavy atom. The lowest BCUT2D eigenvalue weighted by atomic mass is 9.95. The Morgan fingerprint density at radius 3 is 2.59 bits per heavy atom. The van der Waals surface area contributed by atoms with Crippen molar-refractivity contribution in [2.75, 3.05) is 6.54 Å². The molecule has 5 N–H and O–H groups in total. The zero-order chi connectivity index (χ0) is 20.0. The normalized spacial score (nSPS) is 20.5. The van der Waals surface area contributed by atoms with Gasteiger partial charge in [-0.05, 0) is 24.5 Å². The molecule has 2 aliphatic rings. The molecule has 152 valence electrons. The SMILES string of the molecule is O=c1[nH]c(=O)n(C2CCCCCC2)c(O)c1[C@@H]1[NH2+]CCc2c1[nH]c1ccccc21. The summed E-state index contributed by atoms with van der Waals surface area (Å²) in [5, 5.41) is 14.4. The molecule has 1 aliphatic carbocycles. The van der Waals surface area contributed by atoms with Gasteiger partial charge in [-0.2, -0.15) is 0 Å². The van der Waals surface area contributed by atoms with E-state index >= 15 is 0 Å². The van der Waals surface area contributed by atoms with Crippen LogP contribution in [0, 0.1) is 0 Å². The smallest absolute Gasteiger partial charge is 0.331 e. The van der Waals surface area contributed by atoms with Crippen LogP contribution >= 0.6 is 0 Å². The Balaban J connectivity index is 1.67. The zero-order valence-corrected chi connectivity index (χ0v) is 16.4. The monoisotopic (exact) mass is 395 g/mol. The fourth-order valence-corrected chi connectivity index (χ4v) is 5.22. The summed E-state index contributed by atoms with van der Waals surface area (Å²) < 4.78 is 1.44. The third-order valence-corrected chi connectivity index (χ3v) is 6.61. The molecule has 1 fully saturated rings. The number of para-hydroxylation sites is 1. The highest BCUT2D eigenvalue weighted by atomic mass is 16.3. The summed E-state index contributed by atoms with van der Waals surface area (Å²) in [5.74, 6) is -0.168. The van der Waals surface area contributed by atoms with Gasteiger partial charge in [0.05, 0.1) is 12.2 Å². The number of aromatic nitrogens is 3. The molecule has 0 saturated heterocycles. The summed E-state index contributed by atoms with van der Waals surface area (Å²) >= 11 is 0. The number of aromatic amines is 2. The second-order valence-electron chi connectivity index (χ2n) is 8.33. The number of H-pyrrole nitrogens is 2. The second kappa shape index (κ2) is 7.22. The topological polar surface area (TPSA) is 107 Å². The van der Waals surface area contributed by atoms with Gasteiger partial charge in [0, 0.05) is 23.4 Å². The van der Waals surface area contributed by atoms with E-state index in [0.29, 0.717) is 0 Å². The van der Waals surface area contributed by atoms with E-state index in [4.69, 9.17) is 0 Å². The maximum absolute atomic E-state index is 12.8. The van der Waals surface area contributed by atoms with Crippen LogP contribution in [-0.2, 0) is 6.42 Å². The first-order valence-electron chi connectivity index (χ1n) is 10.7. The molecule has 0 spiro atoms. The van der Waals surface area contributed by atoms with Crippen molar-refractivity contribution >= 4 is 10.9 Å². The molecule has 0 radical (unpaired) electrons. The van der Waals surface area contributed by atoms with Crippen molar-refractivity contribution in [3.63, 3.8) is 0 Å². The maximum Gasteiger partial charge on any atom is 0.331 e. The Labute approximate surface area is 167 Å². The third-order valence-electron chi connectivity index (χ3n) is 6.61. The molecule has 29 heavy (non-hydrogen) atoms. The first kappa shape index (κ1) is 18.2. The maximum atomic E-state index is 12.8. The molecule has 5 rings (SSSR count). The number of nitrogens with one attached hydrogen (secondary N) is 2. The Morgan fingerprint density at radius 1 is 1.03 bits per heavy atom. The number of benzene rings is 1. The van der Waals surface area contributed by atoms with E-state index in [2.05, 4.69) is 21.4 Å². The van der Waals surface area contributed by atoms with Gasteiger partial charge in [0.2, 0.25) is 5.88 Å². The van der Waals surface area contributed by atoms with Crippen LogP contribution in [0.1, 0.15) is 67.4 Å².